The molecule has 2 aliphatic heterocycles. The topological polar surface area (TPSA) is 64.5 Å². The Labute approximate surface area is 160 Å². The Bertz CT molecular complexity index is 899. The quantitative estimate of drug-likeness (QED) is 0.812. The molecular formula is C20H22F3N3O2. The van der Waals surface area contributed by atoms with Gasteiger partial charge in [-0.15, -0.1) is 0 Å². The van der Waals surface area contributed by atoms with E-state index in [0.29, 0.717) is 25.0 Å². The summed E-state index contributed by atoms with van der Waals surface area (Å²) in [6.07, 6.45) is 2.92. The largest absolute Gasteiger partial charge is 0.370 e. The van der Waals surface area contributed by atoms with Crippen molar-refractivity contribution in [2.75, 3.05) is 13.2 Å². The molecule has 1 aromatic carbocycles. The fourth-order valence-electron chi connectivity index (χ4n) is 4.41. The highest BCUT2D eigenvalue weighted by Gasteiger charge is 2.39. The van der Waals surface area contributed by atoms with Crippen LogP contribution in [0.1, 0.15) is 53.9 Å². The van der Waals surface area contributed by atoms with E-state index >= 15 is 0 Å². The fraction of sp³-hybridized carbons (Fsp3) is 0.550. The Morgan fingerprint density at radius 3 is 2.64 bits per heavy atom. The summed E-state index contributed by atoms with van der Waals surface area (Å²) in [6.45, 7) is 1.93. The van der Waals surface area contributed by atoms with Crippen molar-refractivity contribution in [1.82, 2.24) is 10.1 Å². The zero-order chi connectivity index (χ0) is 19.4. The van der Waals surface area contributed by atoms with Crippen LogP contribution in [-0.4, -0.2) is 35.3 Å². The van der Waals surface area contributed by atoms with E-state index in [1.54, 1.807) is 0 Å². The number of benzene rings is 1. The van der Waals surface area contributed by atoms with Gasteiger partial charge in [-0.25, -0.2) is 13.2 Å². The SMILES string of the molecule is NC1CC(N2CCc3noc(C4CC4)c3C2)COC1c1cc(F)c(F)cc1F. The molecule has 2 fully saturated rings. The molecular weight excluding hydrogens is 371 g/mol. The highest BCUT2D eigenvalue weighted by Crippen LogP contribution is 2.44. The number of aromatic nitrogens is 1. The molecule has 3 atom stereocenters. The average molecular weight is 393 g/mol. The molecule has 3 unspecified atom stereocenters. The molecule has 0 bridgehead atoms. The lowest BCUT2D eigenvalue weighted by Crippen LogP contribution is -2.50. The monoisotopic (exact) mass is 393 g/mol. The van der Waals surface area contributed by atoms with Crippen molar-refractivity contribution in [2.45, 2.75) is 56.3 Å². The molecule has 2 N–H and O–H groups in total. The minimum atomic E-state index is -1.21. The maximum atomic E-state index is 14.1. The van der Waals surface area contributed by atoms with Gasteiger partial charge in [0.25, 0.3) is 0 Å². The number of hydrogen-bond acceptors (Lipinski definition) is 5. The van der Waals surface area contributed by atoms with Crippen molar-refractivity contribution in [3.63, 3.8) is 0 Å². The van der Waals surface area contributed by atoms with Crippen molar-refractivity contribution in [3.8, 4) is 0 Å². The van der Waals surface area contributed by atoms with E-state index in [4.69, 9.17) is 15.0 Å². The van der Waals surface area contributed by atoms with Gasteiger partial charge in [-0.1, -0.05) is 5.16 Å². The van der Waals surface area contributed by atoms with Crippen molar-refractivity contribution < 1.29 is 22.4 Å². The minimum Gasteiger partial charge on any atom is -0.370 e. The molecule has 2 aromatic rings. The van der Waals surface area contributed by atoms with Gasteiger partial charge >= 0.3 is 0 Å². The van der Waals surface area contributed by atoms with Crippen LogP contribution in [0, 0.1) is 17.5 Å². The predicted octanol–water partition coefficient (Wildman–Crippen LogP) is 3.18. The van der Waals surface area contributed by atoms with Gasteiger partial charge in [-0.05, 0) is 25.3 Å². The first-order valence-electron chi connectivity index (χ1n) is 9.74. The number of nitrogens with zero attached hydrogens (tertiary/aromatic N) is 2. The summed E-state index contributed by atoms with van der Waals surface area (Å²) in [5.41, 5.74) is 8.47. The third-order valence-electron chi connectivity index (χ3n) is 6.11. The molecule has 28 heavy (non-hydrogen) atoms. The standard InChI is InChI=1S/C20H22F3N3O2/c21-14-7-16(23)15(22)6-12(14)20-17(24)5-11(9-27-20)26-4-3-18-13(8-26)19(28-25-18)10-1-2-10/h6-7,10-11,17,20H,1-5,8-9,24H2. The van der Waals surface area contributed by atoms with Gasteiger partial charge in [0.2, 0.25) is 0 Å². The van der Waals surface area contributed by atoms with E-state index < -0.39 is 29.6 Å². The van der Waals surface area contributed by atoms with Crippen LogP contribution in [0.2, 0.25) is 0 Å². The first kappa shape index (κ1) is 18.1. The Hall–Kier alpha value is -1.90. The van der Waals surface area contributed by atoms with Gasteiger partial charge < -0.3 is 15.0 Å². The van der Waals surface area contributed by atoms with E-state index in [1.165, 1.54) is 5.56 Å². The summed E-state index contributed by atoms with van der Waals surface area (Å²) >= 11 is 0. The Morgan fingerprint density at radius 2 is 1.89 bits per heavy atom. The lowest BCUT2D eigenvalue weighted by atomic mass is 9.92. The van der Waals surface area contributed by atoms with E-state index in [-0.39, 0.29) is 11.6 Å². The van der Waals surface area contributed by atoms with Gasteiger partial charge in [-0.2, -0.15) is 0 Å². The molecule has 1 aliphatic carbocycles. The molecule has 5 rings (SSSR count). The molecule has 8 heteroatoms. The first-order chi connectivity index (χ1) is 13.5. The lowest BCUT2D eigenvalue weighted by molar-refractivity contribution is -0.0549. The van der Waals surface area contributed by atoms with Gasteiger partial charge in [-0.3, -0.25) is 4.90 Å². The molecule has 1 saturated heterocycles. The van der Waals surface area contributed by atoms with Crippen molar-refractivity contribution in [3.05, 3.63) is 52.2 Å². The number of nitrogens with two attached hydrogens (primary N) is 1. The number of hydrogen-bond donors (Lipinski definition) is 1. The smallest absolute Gasteiger partial charge is 0.161 e. The highest BCUT2D eigenvalue weighted by atomic mass is 19.2. The molecule has 3 aliphatic rings. The van der Waals surface area contributed by atoms with Crippen LogP contribution in [0.15, 0.2) is 16.7 Å². The summed E-state index contributed by atoms with van der Waals surface area (Å²) in [7, 11) is 0. The van der Waals surface area contributed by atoms with Gasteiger partial charge in [0.05, 0.1) is 12.3 Å². The van der Waals surface area contributed by atoms with E-state index in [0.717, 1.165) is 49.9 Å². The van der Waals surface area contributed by atoms with E-state index in [9.17, 15) is 13.2 Å². The molecule has 1 saturated carbocycles. The van der Waals surface area contributed by atoms with E-state index in [1.807, 2.05) is 0 Å². The second-order valence-electron chi connectivity index (χ2n) is 8.06. The molecule has 1 aromatic heterocycles. The van der Waals surface area contributed by atoms with Crippen LogP contribution in [0.4, 0.5) is 13.2 Å². The van der Waals surface area contributed by atoms with Gasteiger partial charge in [0, 0.05) is 54.7 Å². The van der Waals surface area contributed by atoms with Crippen LogP contribution in [0.25, 0.3) is 0 Å². The zero-order valence-corrected chi connectivity index (χ0v) is 15.3. The average Bonchev–Trinajstić information content (AvgIpc) is 3.43. The Kier molecular flexibility index (Phi) is 4.45. The normalized spacial score (nSPS) is 28.4. The third-order valence-corrected chi connectivity index (χ3v) is 6.11. The molecule has 0 radical (unpaired) electrons. The van der Waals surface area contributed by atoms with Crippen LogP contribution in [-0.2, 0) is 17.7 Å². The maximum absolute atomic E-state index is 14.1. The predicted molar refractivity (Wildman–Crippen MR) is 94.0 cm³/mol. The minimum absolute atomic E-state index is 0.0270. The van der Waals surface area contributed by atoms with Crippen LogP contribution in [0.5, 0.6) is 0 Å². The number of halogens is 3. The van der Waals surface area contributed by atoms with Crippen molar-refractivity contribution >= 4 is 0 Å². The molecule has 5 nitrogen and oxygen atoms in total. The van der Waals surface area contributed by atoms with E-state index in [2.05, 4.69) is 10.1 Å². The molecule has 0 spiro atoms. The maximum Gasteiger partial charge on any atom is 0.161 e. The summed E-state index contributed by atoms with van der Waals surface area (Å²) in [5.74, 6) is -1.63. The van der Waals surface area contributed by atoms with Crippen LogP contribution in [0.3, 0.4) is 0 Å². The van der Waals surface area contributed by atoms with Crippen LogP contribution >= 0.6 is 0 Å². The third kappa shape index (κ3) is 3.13. The van der Waals surface area contributed by atoms with Crippen molar-refractivity contribution in [1.29, 1.82) is 0 Å². The summed E-state index contributed by atoms with van der Waals surface area (Å²) in [5, 5.41) is 4.22. The fourth-order valence-corrected chi connectivity index (χ4v) is 4.41. The van der Waals surface area contributed by atoms with Crippen molar-refractivity contribution in [2.24, 2.45) is 5.73 Å². The number of fused-ring (bicyclic) bond motifs is 1. The Balaban J connectivity index is 1.30. The number of rotatable bonds is 3. The Morgan fingerprint density at radius 1 is 1.11 bits per heavy atom. The lowest BCUT2D eigenvalue weighted by Gasteiger charge is -2.41. The molecule has 0 amide bonds. The second-order valence-corrected chi connectivity index (χ2v) is 8.06. The highest BCUT2D eigenvalue weighted by molar-refractivity contribution is 5.30. The van der Waals surface area contributed by atoms with Crippen LogP contribution < -0.4 is 5.73 Å². The molecule has 3 heterocycles. The number of ether oxygens (including phenoxy) is 1. The molecule has 150 valence electrons. The summed E-state index contributed by atoms with van der Waals surface area (Å²) in [4.78, 5) is 2.31. The van der Waals surface area contributed by atoms with Gasteiger partial charge in [0.1, 0.15) is 17.7 Å². The second kappa shape index (κ2) is 6.86. The zero-order valence-electron chi connectivity index (χ0n) is 15.3. The summed E-state index contributed by atoms with van der Waals surface area (Å²) in [6, 6.07) is 0.964. The first-order valence-corrected chi connectivity index (χ1v) is 9.74. The summed E-state index contributed by atoms with van der Waals surface area (Å²) < 4.78 is 52.3. The van der Waals surface area contributed by atoms with Gasteiger partial charge in [0.15, 0.2) is 11.6 Å².